The number of nitrogens with zero attached hydrogens (tertiary/aromatic N) is 1. The zero-order valence-electron chi connectivity index (χ0n) is 11.3. The summed E-state index contributed by atoms with van der Waals surface area (Å²) in [4.78, 5) is 21.9. The zero-order chi connectivity index (χ0) is 15.1. The Morgan fingerprint density at radius 3 is 2.70 bits per heavy atom. The predicted octanol–water partition coefficient (Wildman–Crippen LogP) is 1.69. The number of carbonyl (C=O) groups is 2. The van der Waals surface area contributed by atoms with Crippen LogP contribution in [0.4, 0.5) is 0 Å². The number of nitrogens with one attached hydrogen (secondary N) is 1. The summed E-state index contributed by atoms with van der Waals surface area (Å²) >= 11 is 1.43. The van der Waals surface area contributed by atoms with Crippen LogP contribution >= 0.6 is 11.8 Å². The second kappa shape index (κ2) is 7.56. The highest BCUT2D eigenvalue weighted by Crippen LogP contribution is 2.18. The molecule has 1 amide bonds. The Morgan fingerprint density at radius 2 is 2.20 bits per heavy atom. The third-order valence-electron chi connectivity index (χ3n) is 2.69. The number of aryl methyl sites for hydroxylation is 1. The molecule has 0 aliphatic carbocycles. The molecule has 1 rings (SSSR count). The lowest BCUT2D eigenvalue weighted by Gasteiger charge is -2.13. The molecule has 5 nitrogen and oxygen atoms in total. The van der Waals surface area contributed by atoms with Gasteiger partial charge in [0.1, 0.15) is 6.04 Å². The third-order valence-corrected chi connectivity index (χ3v) is 3.77. The van der Waals surface area contributed by atoms with Crippen molar-refractivity contribution in [3.8, 4) is 6.07 Å². The van der Waals surface area contributed by atoms with Crippen molar-refractivity contribution in [2.45, 2.75) is 25.6 Å². The van der Waals surface area contributed by atoms with Crippen LogP contribution in [0.1, 0.15) is 23.6 Å². The molecular formula is C14H16N2O3S. The minimum atomic E-state index is -1.04. The molecule has 0 fully saturated rings. The van der Waals surface area contributed by atoms with Gasteiger partial charge in [-0.15, -0.1) is 0 Å². The molecule has 0 aromatic heterocycles. The van der Waals surface area contributed by atoms with Crippen molar-refractivity contribution in [1.29, 1.82) is 5.26 Å². The first-order chi connectivity index (χ1) is 9.43. The maximum Gasteiger partial charge on any atom is 0.327 e. The number of aliphatic carboxylic acids is 1. The number of benzene rings is 1. The van der Waals surface area contributed by atoms with Gasteiger partial charge in [0.15, 0.2) is 0 Å². The maximum atomic E-state index is 11.0. The Balaban J connectivity index is 2.57. The van der Waals surface area contributed by atoms with Crippen molar-refractivity contribution >= 4 is 23.6 Å². The predicted molar refractivity (Wildman–Crippen MR) is 77.3 cm³/mol. The van der Waals surface area contributed by atoms with Crippen LogP contribution in [0.2, 0.25) is 0 Å². The van der Waals surface area contributed by atoms with E-state index in [1.54, 1.807) is 12.1 Å². The van der Waals surface area contributed by atoms with Gasteiger partial charge < -0.3 is 10.4 Å². The second-order valence-electron chi connectivity index (χ2n) is 4.36. The van der Waals surface area contributed by atoms with Crippen LogP contribution in [0, 0.1) is 18.3 Å². The summed E-state index contributed by atoms with van der Waals surface area (Å²) in [7, 11) is 0. The zero-order valence-corrected chi connectivity index (χ0v) is 12.2. The Hall–Kier alpha value is -2.00. The molecule has 0 unspecified atom stereocenters. The highest BCUT2D eigenvalue weighted by Gasteiger charge is 2.18. The Bertz CT molecular complexity index is 552. The molecule has 20 heavy (non-hydrogen) atoms. The molecule has 0 spiro atoms. The van der Waals surface area contributed by atoms with E-state index in [1.165, 1.54) is 18.7 Å². The molecule has 1 aromatic rings. The van der Waals surface area contributed by atoms with Crippen LogP contribution in [0.5, 0.6) is 0 Å². The molecule has 0 saturated carbocycles. The molecule has 0 bridgehead atoms. The van der Waals surface area contributed by atoms with Gasteiger partial charge in [0, 0.05) is 18.4 Å². The minimum absolute atomic E-state index is 0.300. The molecule has 0 saturated heterocycles. The molecule has 0 aliphatic heterocycles. The van der Waals surface area contributed by atoms with E-state index in [-0.39, 0.29) is 5.91 Å². The second-order valence-corrected chi connectivity index (χ2v) is 5.39. The summed E-state index contributed by atoms with van der Waals surface area (Å²) in [5, 5.41) is 20.2. The molecule has 106 valence electrons. The van der Waals surface area contributed by atoms with E-state index in [1.807, 2.05) is 13.0 Å². The van der Waals surface area contributed by atoms with Crippen molar-refractivity contribution in [3.05, 3.63) is 34.9 Å². The van der Waals surface area contributed by atoms with E-state index in [0.29, 0.717) is 17.1 Å². The quantitative estimate of drug-likeness (QED) is 0.832. The Kier molecular flexibility index (Phi) is 6.07. The standard InChI is InChI=1S/C14H16N2O3S/c1-9-5-11(6-15)3-4-12(9)7-20-8-13(14(18)19)16-10(2)17/h3-5,13H,7-8H2,1-2H3,(H,16,17)(H,18,19)/t13-/m0/s1. The average Bonchev–Trinajstić information content (AvgIpc) is 2.38. The fourth-order valence-electron chi connectivity index (χ4n) is 1.63. The highest BCUT2D eigenvalue weighted by atomic mass is 32.2. The lowest BCUT2D eigenvalue weighted by atomic mass is 10.1. The van der Waals surface area contributed by atoms with Crippen LogP contribution in [0.15, 0.2) is 18.2 Å². The summed E-state index contributed by atoms with van der Waals surface area (Å²) in [6, 6.07) is 6.61. The summed E-state index contributed by atoms with van der Waals surface area (Å²) in [5.41, 5.74) is 2.67. The van der Waals surface area contributed by atoms with Gasteiger partial charge in [0.05, 0.1) is 11.6 Å². The van der Waals surface area contributed by atoms with Gasteiger partial charge in [0.2, 0.25) is 5.91 Å². The van der Waals surface area contributed by atoms with Crippen LogP contribution in [-0.4, -0.2) is 28.8 Å². The van der Waals surface area contributed by atoms with E-state index < -0.39 is 12.0 Å². The largest absolute Gasteiger partial charge is 0.480 e. The lowest BCUT2D eigenvalue weighted by Crippen LogP contribution is -2.41. The van der Waals surface area contributed by atoms with Crippen molar-refractivity contribution in [2.24, 2.45) is 0 Å². The summed E-state index contributed by atoms with van der Waals surface area (Å²) in [6.07, 6.45) is 0. The summed E-state index contributed by atoms with van der Waals surface area (Å²) in [5.74, 6) is -0.452. The van der Waals surface area contributed by atoms with E-state index in [4.69, 9.17) is 10.4 Å². The molecule has 0 radical (unpaired) electrons. The lowest BCUT2D eigenvalue weighted by molar-refractivity contribution is -0.140. The number of hydrogen-bond acceptors (Lipinski definition) is 4. The Morgan fingerprint density at radius 1 is 1.50 bits per heavy atom. The normalized spacial score (nSPS) is 11.4. The van der Waals surface area contributed by atoms with Crippen molar-refractivity contribution < 1.29 is 14.7 Å². The topological polar surface area (TPSA) is 90.2 Å². The average molecular weight is 292 g/mol. The third kappa shape index (κ3) is 4.94. The van der Waals surface area contributed by atoms with Gasteiger partial charge in [-0.2, -0.15) is 17.0 Å². The van der Waals surface area contributed by atoms with E-state index in [9.17, 15) is 9.59 Å². The van der Waals surface area contributed by atoms with Crippen LogP contribution in [0.25, 0.3) is 0 Å². The van der Waals surface area contributed by atoms with Gasteiger partial charge in [-0.05, 0) is 30.2 Å². The van der Waals surface area contributed by atoms with Gasteiger partial charge in [-0.25, -0.2) is 4.79 Å². The number of carboxylic acid groups (broad SMARTS) is 1. The number of carbonyl (C=O) groups excluding carboxylic acids is 1. The number of rotatable bonds is 6. The Labute approximate surface area is 122 Å². The van der Waals surface area contributed by atoms with Crippen molar-refractivity contribution in [1.82, 2.24) is 5.32 Å². The fourth-order valence-corrected chi connectivity index (χ4v) is 2.76. The van der Waals surface area contributed by atoms with Crippen molar-refractivity contribution in [2.75, 3.05) is 5.75 Å². The minimum Gasteiger partial charge on any atom is -0.480 e. The number of nitriles is 1. The van der Waals surface area contributed by atoms with Gasteiger partial charge in [-0.3, -0.25) is 4.79 Å². The summed E-state index contributed by atoms with van der Waals surface area (Å²) < 4.78 is 0. The van der Waals surface area contributed by atoms with Crippen LogP contribution in [-0.2, 0) is 15.3 Å². The number of hydrogen-bond donors (Lipinski definition) is 2. The van der Waals surface area contributed by atoms with Gasteiger partial charge in [0.25, 0.3) is 0 Å². The van der Waals surface area contributed by atoms with E-state index in [0.717, 1.165) is 11.1 Å². The van der Waals surface area contributed by atoms with Crippen LogP contribution in [0.3, 0.4) is 0 Å². The smallest absolute Gasteiger partial charge is 0.327 e. The number of amides is 1. The van der Waals surface area contributed by atoms with Gasteiger partial charge in [-0.1, -0.05) is 6.07 Å². The summed E-state index contributed by atoms with van der Waals surface area (Å²) in [6.45, 7) is 3.21. The molecule has 6 heteroatoms. The first-order valence-electron chi connectivity index (χ1n) is 6.01. The highest BCUT2D eigenvalue weighted by molar-refractivity contribution is 7.98. The monoisotopic (exact) mass is 292 g/mol. The number of thioether (sulfide) groups is 1. The molecule has 0 aliphatic rings. The maximum absolute atomic E-state index is 11.0. The van der Waals surface area contributed by atoms with Crippen molar-refractivity contribution in [3.63, 3.8) is 0 Å². The molecular weight excluding hydrogens is 276 g/mol. The van der Waals surface area contributed by atoms with E-state index >= 15 is 0 Å². The molecule has 1 atom stereocenters. The molecule has 0 heterocycles. The fraction of sp³-hybridized carbons (Fsp3) is 0.357. The number of carboxylic acids is 1. The molecule has 2 N–H and O–H groups in total. The van der Waals surface area contributed by atoms with E-state index in [2.05, 4.69) is 11.4 Å². The molecule has 1 aromatic carbocycles. The van der Waals surface area contributed by atoms with Gasteiger partial charge >= 0.3 is 5.97 Å². The first-order valence-corrected chi connectivity index (χ1v) is 7.16. The SMILES string of the molecule is CC(=O)N[C@@H](CSCc1ccc(C#N)cc1C)C(=O)O. The van der Waals surface area contributed by atoms with Crippen LogP contribution < -0.4 is 5.32 Å². The first kappa shape index (κ1) is 16.1.